The second-order valence-electron chi connectivity index (χ2n) is 24.3. The van der Waals surface area contributed by atoms with Gasteiger partial charge >= 0.3 is 0 Å². The summed E-state index contributed by atoms with van der Waals surface area (Å²) in [7, 11) is 0. The third kappa shape index (κ3) is 32.6. The summed E-state index contributed by atoms with van der Waals surface area (Å²) < 4.78 is 34.3. The summed E-state index contributed by atoms with van der Waals surface area (Å²) in [5.74, 6) is -0.290. The molecule has 19 nitrogen and oxygen atoms in total. The van der Waals surface area contributed by atoms with Gasteiger partial charge in [0.2, 0.25) is 5.91 Å². The van der Waals surface area contributed by atoms with Crippen LogP contribution in [0.15, 0.2) is 60.8 Å². The third-order valence-corrected chi connectivity index (χ3v) is 16.8. The summed E-state index contributed by atoms with van der Waals surface area (Å²) in [4.78, 5) is 13.4. The smallest absolute Gasteiger partial charge is 0.220 e. The molecule has 0 aliphatic carbocycles. The Labute approximate surface area is 522 Å². The molecule has 506 valence electrons. The number of hydrogen-bond donors (Lipinski definition) is 12. The molecule has 12 N–H and O–H groups in total. The maximum atomic E-state index is 13.4. The van der Waals surface area contributed by atoms with E-state index < -0.39 is 124 Å². The SMILES string of the molecule is CCCCC/C=C/CC/C=C/CC/C=C/C(O)C(COC1OC(CO)C(OC2OC(CO)C(OC3OC(CO)C(O)C(O)C3O)C(O)C2O)C(O)C1O)NC(=O)CCCCCCCCCCCCCCCCCCC/C=C\C/C=C\CCCCCCC. The summed E-state index contributed by atoms with van der Waals surface area (Å²) in [6.07, 6.45) is 33.6. The summed E-state index contributed by atoms with van der Waals surface area (Å²) in [5, 5.41) is 120. The van der Waals surface area contributed by atoms with Gasteiger partial charge in [-0.25, -0.2) is 0 Å². The number of aliphatic hydroxyl groups excluding tert-OH is 11. The van der Waals surface area contributed by atoms with Gasteiger partial charge in [-0.05, 0) is 77.0 Å². The van der Waals surface area contributed by atoms with E-state index in [1.165, 1.54) is 148 Å². The van der Waals surface area contributed by atoms with E-state index in [1.54, 1.807) is 6.08 Å². The molecule has 17 unspecified atom stereocenters. The number of amides is 1. The standard InChI is InChI=1S/C68H121NO18/c1-3-5-7-9-11-13-15-17-18-19-20-21-22-23-24-25-26-27-28-29-30-31-32-34-36-38-40-42-44-46-56(74)69-51(52(73)45-43-41-39-37-35-33-16-14-12-10-8-6-4-2)50-82-66-62(80)59(77)64(54(48-71)84-66)87-68-63(81)60(78)65(55(49-72)85-68)86-67-61(79)58(76)57(75)53(47-70)83-67/h12,14-15,17,19-20,35,37,43,45,51-55,57-68,70-73,75-81H,3-11,13,16,18,21-34,36,38-42,44,46-50H2,1-2H3,(H,69,74)/b14-12+,17-15-,20-19-,37-35+,45-43+. The first kappa shape index (κ1) is 78.7. The van der Waals surface area contributed by atoms with E-state index in [4.69, 9.17) is 28.4 Å². The molecule has 3 aliphatic heterocycles. The average Bonchev–Trinajstić information content (AvgIpc) is 2.56. The fourth-order valence-electron chi connectivity index (χ4n) is 11.2. The minimum absolute atomic E-state index is 0.231. The van der Waals surface area contributed by atoms with Crippen LogP contribution in [0.3, 0.4) is 0 Å². The fraction of sp³-hybridized carbons (Fsp3) is 0.838. The highest BCUT2D eigenvalue weighted by Crippen LogP contribution is 2.33. The number of nitrogens with one attached hydrogen (secondary N) is 1. The van der Waals surface area contributed by atoms with Gasteiger partial charge in [-0.3, -0.25) is 4.79 Å². The summed E-state index contributed by atoms with van der Waals surface area (Å²) in [5.41, 5.74) is 0. The molecule has 3 aliphatic rings. The molecule has 87 heavy (non-hydrogen) atoms. The highest BCUT2D eigenvalue weighted by Gasteiger charge is 2.53. The first-order valence-electron chi connectivity index (χ1n) is 34.0. The Morgan fingerprint density at radius 3 is 1.24 bits per heavy atom. The second-order valence-corrected chi connectivity index (χ2v) is 24.3. The minimum atomic E-state index is -1.98. The lowest BCUT2D eigenvalue weighted by molar-refractivity contribution is -0.379. The zero-order chi connectivity index (χ0) is 63.3. The van der Waals surface area contributed by atoms with E-state index in [0.29, 0.717) is 12.8 Å². The van der Waals surface area contributed by atoms with Crippen LogP contribution < -0.4 is 5.32 Å². The topological polar surface area (TPSA) is 307 Å². The first-order chi connectivity index (χ1) is 42.3. The fourth-order valence-corrected chi connectivity index (χ4v) is 11.2. The molecule has 0 saturated carbocycles. The van der Waals surface area contributed by atoms with Crippen molar-refractivity contribution in [3.05, 3.63) is 60.8 Å². The van der Waals surface area contributed by atoms with Crippen LogP contribution in [-0.2, 0) is 33.2 Å². The predicted octanol–water partition coefficient (Wildman–Crippen LogP) is 8.38. The average molecular weight is 1240 g/mol. The summed E-state index contributed by atoms with van der Waals surface area (Å²) >= 11 is 0. The molecular weight excluding hydrogens is 1120 g/mol. The van der Waals surface area contributed by atoms with Crippen molar-refractivity contribution in [2.24, 2.45) is 0 Å². The Bertz CT molecular complexity index is 1820. The Balaban J connectivity index is 1.40. The highest BCUT2D eigenvalue weighted by atomic mass is 16.8. The molecule has 0 radical (unpaired) electrons. The molecule has 0 aromatic heterocycles. The molecule has 1 amide bonds. The van der Waals surface area contributed by atoms with Gasteiger partial charge in [0.25, 0.3) is 0 Å². The molecule has 3 fully saturated rings. The molecule has 3 rings (SSSR count). The number of rotatable bonds is 51. The number of unbranched alkanes of at least 4 members (excludes halogenated alkanes) is 27. The molecule has 17 atom stereocenters. The zero-order valence-electron chi connectivity index (χ0n) is 53.2. The highest BCUT2D eigenvalue weighted by molar-refractivity contribution is 5.76. The van der Waals surface area contributed by atoms with Gasteiger partial charge in [0, 0.05) is 6.42 Å². The van der Waals surface area contributed by atoms with Gasteiger partial charge in [-0.1, -0.05) is 209 Å². The third-order valence-electron chi connectivity index (χ3n) is 16.8. The van der Waals surface area contributed by atoms with Gasteiger partial charge in [-0.2, -0.15) is 0 Å². The Morgan fingerprint density at radius 2 is 0.770 bits per heavy atom. The van der Waals surface area contributed by atoms with Crippen molar-refractivity contribution in [1.82, 2.24) is 5.32 Å². The van der Waals surface area contributed by atoms with Crippen molar-refractivity contribution in [2.75, 3.05) is 26.4 Å². The Morgan fingerprint density at radius 1 is 0.414 bits per heavy atom. The second kappa shape index (κ2) is 50.1. The van der Waals surface area contributed by atoms with Crippen LogP contribution in [-0.4, -0.2) is 193 Å². The largest absolute Gasteiger partial charge is 0.394 e. The summed E-state index contributed by atoms with van der Waals surface area (Å²) in [6.45, 7) is 1.65. The predicted molar refractivity (Wildman–Crippen MR) is 337 cm³/mol. The van der Waals surface area contributed by atoms with Crippen LogP contribution in [0.5, 0.6) is 0 Å². The van der Waals surface area contributed by atoms with Crippen molar-refractivity contribution in [1.29, 1.82) is 0 Å². The van der Waals surface area contributed by atoms with Crippen molar-refractivity contribution in [2.45, 2.75) is 336 Å². The maximum absolute atomic E-state index is 13.4. The zero-order valence-corrected chi connectivity index (χ0v) is 53.2. The van der Waals surface area contributed by atoms with Crippen LogP contribution in [0.25, 0.3) is 0 Å². The van der Waals surface area contributed by atoms with Crippen molar-refractivity contribution >= 4 is 5.91 Å². The lowest BCUT2D eigenvalue weighted by atomic mass is 9.96. The number of carbonyl (C=O) groups excluding carboxylic acids is 1. The normalized spacial score (nSPS) is 29.0. The lowest BCUT2D eigenvalue weighted by Gasteiger charge is -2.48. The van der Waals surface area contributed by atoms with Gasteiger partial charge in [0.1, 0.15) is 73.2 Å². The minimum Gasteiger partial charge on any atom is -0.394 e. The number of aliphatic hydroxyl groups is 11. The van der Waals surface area contributed by atoms with Gasteiger partial charge in [-0.15, -0.1) is 0 Å². The first-order valence-corrected chi connectivity index (χ1v) is 34.0. The summed E-state index contributed by atoms with van der Waals surface area (Å²) in [6, 6.07) is -0.996. The van der Waals surface area contributed by atoms with Crippen molar-refractivity contribution in [3.8, 4) is 0 Å². The van der Waals surface area contributed by atoms with E-state index in [0.717, 1.165) is 51.4 Å². The molecule has 3 saturated heterocycles. The molecule has 0 bridgehead atoms. The number of allylic oxidation sites excluding steroid dienone is 9. The maximum Gasteiger partial charge on any atom is 0.220 e. The molecule has 3 heterocycles. The van der Waals surface area contributed by atoms with E-state index in [1.807, 2.05) is 6.08 Å². The molecule has 0 spiro atoms. The quantitative estimate of drug-likeness (QED) is 0.0201. The van der Waals surface area contributed by atoms with Crippen molar-refractivity contribution < 1.29 is 89.4 Å². The van der Waals surface area contributed by atoms with E-state index >= 15 is 0 Å². The van der Waals surface area contributed by atoms with Crippen LogP contribution in [0.4, 0.5) is 0 Å². The Kier molecular flexibility index (Phi) is 45.3. The molecular formula is C68H121NO18. The van der Waals surface area contributed by atoms with Crippen LogP contribution in [0.1, 0.15) is 232 Å². The van der Waals surface area contributed by atoms with Gasteiger partial charge in [0.05, 0.1) is 38.6 Å². The molecule has 0 aromatic carbocycles. The number of hydrogen-bond acceptors (Lipinski definition) is 18. The van der Waals surface area contributed by atoms with Crippen LogP contribution >= 0.6 is 0 Å². The Hall–Kier alpha value is -2.51. The number of ether oxygens (including phenoxy) is 6. The van der Waals surface area contributed by atoms with Gasteiger partial charge < -0.3 is 89.9 Å². The van der Waals surface area contributed by atoms with Crippen LogP contribution in [0.2, 0.25) is 0 Å². The van der Waals surface area contributed by atoms with E-state index in [-0.39, 0.29) is 18.9 Å². The lowest BCUT2D eigenvalue weighted by Crippen LogP contribution is -2.66. The number of carbonyl (C=O) groups is 1. The van der Waals surface area contributed by atoms with Crippen LogP contribution in [0, 0.1) is 0 Å². The monoisotopic (exact) mass is 1240 g/mol. The molecule has 19 heteroatoms. The van der Waals surface area contributed by atoms with Crippen molar-refractivity contribution in [3.63, 3.8) is 0 Å². The van der Waals surface area contributed by atoms with E-state index in [2.05, 4.69) is 67.8 Å². The van der Waals surface area contributed by atoms with E-state index in [9.17, 15) is 61.0 Å². The molecule has 0 aromatic rings. The van der Waals surface area contributed by atoms with Gasteiger partial charge in [0.15, 0.2) is 18.9 Å².